The second kappa shape index (κ2) is 9.71. The van der Waals surface area contributed by atoms with Crippen LogP contribution in [-0.2, 0) is 9.47 Å². The molecule has 0 saturated carbocycles. The summed E-state index contributed by atoms with van der Waals surface area (Å²) in [5.41, 5.74) is 2.04. The first-order valence-electron chi connectivity index (χ1n) is 11.8. The molecular weight excluding hydrogens is 450 g/mol. The van der Waals surface area contributed by atoms with Gasteiger partial charge in [0.2, 0.25) is 11.7 Å². The molecule has 186 valence electrons. The van der Waals surface area contributed by atoms with E-state index in [0.29, 0.717) is 55.1 Å². The lowest BCUT2D eigenvalue weighted by Gasteiger charge is -2.36. The van der Waals surface area contributed by atoms with Gasteiger partial charge < -0.3 is 33.9 Å². The zero-order valence-corrected chi connectivity index (χ0v) is 20.5. The van der Waals surface area contributed by atoms with Crippen LogP contribution in [-0.4, -0.2) is 85.9 Å². The van der Waals surface area contributed by atoms with Crippen molar-refractivity contribution in [2.45, 2.75) is 26.1 Å². The minimum atomic E-state index is -0.0469. The summed E-state index contributed by atoms with van der Waals surface area (Å²) in [6, 6.07) is 7.41. The molecule has 0 bridgehead atoms. The largest absolute Gasteiger partial charge is 0.502 e. The summed E-state index contributed by atoms with van der Waals surface area (Å²) in [6.45, 7) is 8.39. The van der Waals surface area contributed by atoms with Gasteiger partial charge in [0.05, 0.1) is 50.7 Å². The molecule has 1 N–H and O–H groups in total. The van der Waals surface area contributed by atoms with E-state index in [4.69, 9.17) is 33.9 Å². The van der Waals surface area contributed by atoms with Crippen molar-refractivity contribution in [2.24, 2.45) is 0 Å². The smallest absolute Gasteiger partial charge is 0.229 e. The lowest BCUT2D eigenvalue weighted by Crippen LogP contribution is -2.46. The molecule has 0 amide bonds. The van der Waals surface area contributed by atoms with Crippen LogP contribution in [0.15, 0.2) is 24.3 Å². The standard InChI is InChI=1S/C25H31N5O5/c1-15-13-30(14-16(2)35-15)25-27-23-18(24(28-25)29-7-9-34-10-8-29)5-6-19(26-23)17-11-20(32-3)22(31)21(12-17)33-4/h5-6,11-12,15-16,31H,7-10,13-14H2,1-4H3/t15-,16+. The van der Waals surface area contributed by atoms with Gasteiger partial charge in [0.15, 0.2) is 17.1 Å². The monoisotopic (exact) mass is 481 g/mol. The first-order valence-corrected chi connectivity index (χ1v) is 11.8. The fraction of sp³-hybridized carbons (Fsp3) is 0.480. The van der Waals surface area contributed by atoms with Crippen molar-refractivity contribution in [3.63, 3.8) is 0 Å². The molecule has 10 nitrogen and oxygen atoms in total. The van der Waals surface area contributed by atoms with Crippen LogP contribution in [0.3, 0.4) is 0 Å². The Hall–Kier alpha value is -3.37. The van der Waals surface area contributed by atoms with Gasteiger partial charge in [0.25, 0.3) is 0 Å². The molecule has 2 saturated heterocycles. The number of pyridine rings is 1. The second-order valence-corrected chi connectivity index (χ2v) is 8.91. The molecule has 2 aliphatic heterocycles. The molecular formula is C25H31N5O5. The van der Waals surface area contributed by atoms with Crippen LogP contribution >= 0.6 is 0 Å². The molecule has 10 heteroatoms. The van der Waals surface area contributed by atoms with E-state index in [9.17, 15) is 5.11 Å². The minimum Gasteiger partial charge on any atom is -0.502 e. The fourth-order valence-electron chi connectivity index (χ4n) is 4.68. The highest BCUT2D eigenvalue weighted by molar-refractivity contribution is 5.90. The van der Waals surface area contributed by atoms with Crippen LogP contribution in [0.1, 0.15) is 13.8 Å². The van der Waals surface area contributed by atoms with Crippen molar-refractivity contribution < 1.29 is 24.1 Å². The Kier molecular flexibility index (Phi) is 6.48. The lowest BCUT2D eigenvalue weighted by atomic mass is 10.1. The van der Waals surface area contributed by atoms with E-state index in [2.05, 4.69) is 23.6 Å². The third kappa shape index (κ3) is 4.63. The molecule has 0 radical (unpaired) electrons. The Morgan fingerprint density at radius 2 is 1.57 bits per heavy atom. The summed E-state index contributed by atoms with van der Waals surface area (Å²) in [4.78, 5) is 19.2. The summed E-state index contributed by atoms with van der Waals surface area (Å²) in [6.07, 6.45) is 0.169. The molecule has 3 aromatic rings. The number of anilines is 2. The highest BCUT2D eigenvalue weighted by Crippen LogP contribution is 2.40. The Bertz CT molecular complexity index is 1180. The summed E-state index contributed by atoms with van der Waals surface area (Å²) < 4.78 is 22.2. The van der Waals surface area contributed by atoms with E-state index in [-0.39, 0.29) is 18.0 Å². The summed E-state index contributed by atoms with van der Waals surface area (Å²) in [5.74, 6) is 2.09. The van der Waals surface area contributed by atoms with Crippen LogP contribution in [0.5, 0.6) is 17.2 Å². The van der Waals surface area contributed by atoms with Crippen LogP contribution in [0.4, 0.5) is 11.8 Å². The quantitative estimate of drug-likeness (QED) is 0.585. The van der Waals surface area contributed by atoms with Crippen molar-refractivity contribution in [2.75, 3.05) is 63.4 Å². The van der Waals surface area contributed by atoms with Crippen molar-refractivity contribution >= 4 is 22.8 Å². The number of ether oxygens (including phenoxy) is 4. The molecule has 0 aliphatic carbocycles. The Morgan fingerprint density at radius 3 is 2.20 bits per heavy atom. The molecule has 4 heterocycles. The van der Waals surface area contributed by atoms with Crippen molar-refractivity contribution in [1.82, 2.24) is 15.0 Å². The van der Waals surface area contributed by atoms with Crippen LogP contribution < -0.4 is 19.3 Å². The summed E-state index contributed by atoms with van der Waals surface area (Å²) >= 11 is 0. The number of morpholine rings is 2. The SMILES string of the molecule is COc1cc(-c2ccc3c(N4CCOCC4)nc(N4C[C@@H](C)O[C@@H](C)C4)nc3n2)cc(OC)c1O. The zero-order valence-electron chi connectivity index (χ0n) is 20.5. The molecule has 1 aromatic carbocycles. The van der Waals surface area contributed by atoms with Crippen LogP contribution in [0.25, 0.3) is 22.3 Å². The number of benzene rings is 1. The first-order chi connectivity index (χ1) is 17.0. The number of nitrogens with zero attached hydrogens (tertiary/aromatic N) is 5. The highest BCUT2D eigenvalue weighted by atomic mass is 16.5. The van der Waals surface area contributed by atoms with Gasteiger partial charge >= 0.3 is 0 Å². The van der Waals surface area contributed by atoms with Crippen LogP contribution in [0, 0.1) is 0 Å². The molecule has 2 aromatic heterocycles. The van der Waals surface area contributed by atoms with Gasteiger partial charge in [-0.1, -0.05) is 0 Å². The maximum atomic E-state index is 10.3. The summed E-state index contributed by atoms with van der Waals surface area (Å²) in [7, 11) is 3.01. The number of phenols is 1. The normalized spacial score (nSPS) is 20.8. The predicted octanol–water partition coefficient (Wildman–Crippen LogP) is 2.86. The molecule has 0 spiro atoms. The van der Waals surface area contributed by atoms with Gasteiger partial charge in [-0.2, -0.15) is 9.97 Å². The molecule has 5 rings (SSSR count). The third-order valence-electron chi connectivity index (χ3n) is 6.32. The Balaban J connectivity index is 1.63. The van der Waals surface area contributed by atoms with E-state index < -0.39 is 0 Å². The predicted molar refractivity (Wildman–Crippen MR) is 133 cm³/mol. The number of hydrogen-bond donors (Lipinski definition) is 1. The number of aromatic hydroxyl groups is 1. The number of methoxy groups -OCH3 is 2. The fourth-order valence-corrected chi connectivity index (χ4v) is 4.68. The molecule has 2 fully saturated rings. The van der Waals surface area contributed by atoms with E-state index in [1.165, 1.54) is 14.2 Å². The lowest BCUT2D eigenvalue weighted by molar-refractivity contribution is -0.00570. The van der Waals surface area contributed by atoms with Gasteiger partial charge in [-0.05, 0) is 38.1 Å². The van der Waals surface area contributed by atoms with Gasteiger partial charge in [-0.25, -0.2) is 4.98 Å². The van der Waals surface area contributed by atoms with Crippen molar-refractivity contribution in [1.29, 1.82) is 0 Å². The maximum Gasteiger partial charge on any atom is 0.229 e. The third-order valence-corrected chi connectivity index (χ3v) is 6.32. The van der Waals surface area contributed by atoms with Gasteiger partial charge in [-0.15, -0.1) is 0 Å². The topological polar surface area (TPSA) is 102 Å². The zero-order chi connectivity index (χ0) is 24.5. The Labute approximate surface area is 204 Å². The molecule has 0 unspecified atom stereocenters. The van der Waals surface area contributed by atoms with Crippen LogP contribution in [0.2, 0.25) is 0 Å². The molecule has 35 heavy (non-hydrogen) atoms. The number of hydrogen-bond acceptors (Lipinski definition) is 10. The van der Waals surface area contributed by atoms with Gasteiger partial charge in [0, 0.05) is 31.7 Å². The summed E-state index contributed by atoms with van der Waals surface area (Å²) in [5, 5.41) is 11.2. The highest BCUT2D eigenvalue weighted by Gasteiger charge is 2.27. The number of rotatable bonds is 5. The van der Waals surface area contributed by atoms with Gasteiger partial charge in [-0.3, -0.25) is 0 Å². The average molecular weight is 482 g/mol. The average Bonchev–Trinajstić information content (AvgIpc) is 2.87. The number of aromatic nitrogens is 3. The van der Waals surface area contributed by atoms with Gasteiger partial charge in [0.1, 0.15) is 5.82 Å². The van der Waals surface area contributed by atoms with E-state index >= 15 is 0 Å². The van der Waals surface area contributed by atoms with E-state index in [0.717, 1.165) is 29.9 Å². The molecule has 2 atom stereocenters. The number of fused-ring (bicyclic) bond motifs is 1. The minimum absolute atomic E-state index is 0.0469. The first kappa shape index (κ1) is 23.4. The van der Waals surface area contributed by atoms with E-state index in [1.54, 1.807) is 12.1 Å². The number of phenolic OH excluding ortho intramolecular Hbond substituents is 1. The van der Waals surface area contributed by atoms with E-state index in [1.807, 2.05) is 12.1 Å². The Morgan fingerprint density at radius 1 is 0.914 bits per heavy atom. The maximum absolute atomic E-state index is 10.3. The second-order valence-electron chi connectivity index (χ2n) is 8.91. The molecule has 2 aliphatic rings. The van der Waals surface area contributed by atoms with Crippen molar-refractivity contribution in [3.05, 3.63) is 24.3 Å². The van der Waals surface area contributed by atoms with Crippen molar-refractivity contribution in [3.8, 4) is 28.5 Å².